The predicted molar refractivity (Wildman–Crippen MR) is 121 cm³/mol. The number of nitrogens with one attached hydrogen (secondary N) is 2. The number of rotatable bonds is 6. The van der Waals surface area contributed by atoms with E-state index >= 15 is 0 Å². The van der Waals surface area contributed by atoms with E-state index in [2.05, 4.69) is 34.5 Å². The average molecular weight is 502 g/mol. The minimum absolute atomic E-state index is 0. The van der Waals surface area contributed by atoms with Gasteiger partial charge < -0.3 is 20.1 Å². The Morgan fingerprint density at radius 1 is 1.19 bits per heavy atom. The van der Waals surface area contributed by atoms with Crippen molar-refractivity contribution in [3.8, 4) is 11.5 Å². The Morgan fingerprint density at radius 3 is 2.74 bits per heavy atom. The number of hydrogen-bond donors (Lipinski definition) is 2. The number of aliphatic imine (C=N–C) groups is 1. The van der Waals surface area contributed by atoms with Crippen LogP contribution < -0.4 is 20.1 Å². The summed E-state index contributed by atoms with van der Waals surface area (Å²) in [6.45, 7) is 7.66. The zero-order chi connectivity index (χ0) is 18.2. The number of nitrogens with zero attached hydrogens (tertiary/aromatic N) is 2. The number of guanidine groups is 1. The molecule has 0 radical (unpaired) electrons. The molecule has 0 saturated carbocycles. The van der Waals surface area contributed by atoms with Crippen LogP contribution in [0.25, 0.3) is 0 Å². The molecule has 1 aliphatic rings. The van der Waals surface area contributed by atoms with Crippen molar-refractivity contribution in [3.63, 3.8) is 0 Å². The molecule has 0 unspecified atom stereocenters. The molecule has 8 heteroatoms. The maximum absolute atomic E-state index is 5.75. The van der Waals surface area contributed by atoms with E-state index in [1.807, 2.05) is 24.4 Å². The molecule has 27 heavy (non-hydrogen) atoms. The van der Waals surface area contributed by atoms with Crippen LogP contribution in [-0.2, 0) is 19.5 Å². The maximum atomic E-state index is 5.75. The van der Waals surface area contributed by atoms with Crippen molar-refractivity contribution in [2.75, 3.05) is 19.8 Å². The Bertz CT molecular complexity index is 751. The van der Waals surface area contributed by atoms with Crippen LogP contribution in [0.3, 0.4) is 0 Å². The van der Waals surface area contributed by atoms with Crippen LogP contribution in [-0.4, -0.2) is 30.7 Å². The summed E-state index contributed by atoms with van der Waals surface area (Å²) in [5.74, 6) is 2.41. The third kappa shape index (κ3) is 6.53. The second-order valence-corrected chi connectivity index (χ2v) is 7.15. The first kappa shape index (κ1) is 21.7. The lowest BCUT2D eigenvalue weighted by molar-refractivity contribution is 0.297. The van der Waals surface area contributed by atoms with E-state index in [4.69, 9.17) is 9.47 Å². The molecule has 6 nitrogen and oxygen atoms in total. The van der Waals surface area contributed by atoms with E-state index < -0.39 is 0 Å². The van der Waals surface area contributed by atoms with E-state index in [0.717, 1.165) is 47.4 Å². The van der Waals surface area contributed by atoms with Gasteiger partial charge in [-0.1, -0.05) is 13.0 Å². The van der Waals surface area contributed by atoms with Crippen LogP contribution in [0.5, 0.6) is 11.5 Å². The Kier molecular flexibility index (Phi) is 9.12. The predicted octanol–water partition coefficient (Wildman–Crippen LogP) is 3.74. The normalized spacial score (nSPS) is 13.5. The number of halogens is 1. The number of aryl methyl sites for hydroxylation is 1. The molecule has 3 rings (SSSR count). The van der Waals surface area contributed by atoms with Crippen molar-refractivity contribution in [1.82, 2.24) is 15.6 Å². The van der Waals surface area contributed by atoms with Gasteiger partial charge in [0.15, 0.2) is 17.5 Å². The first-order chi connectivity index (χ1) is 12.8. The lowest BCUT2D eigenvalue weighted by Crippen LogP contribution is -2.36. The van der Waals surface area contributed by atoms with Crippen molar-refractivity contribution in [3.05, 3.63) is 39.8 Å². The molecule has 0 saturated heterocycles. The molecule has 1 aromatic heterocycles. The zero-order valence-corrected chi connectivity index (χ0v) is 18.9. The molecule has 0 aliphatic carbocycles. The summed E-state index contributed by atoms with van der Waals surface area (Å²) in [5.41, 5.74) is 1.09. The minimum atomic E-state index is 0. The highest BCUT2D eigenvalue weighted by atomic mass is 127. The fourth-order valence-electron chi connectivity index (χ4n) is 2.57. The van der Waals surface area contributed by atoms with Gasteiger partial charge in [0.1, 0.15) is 5.01 Å². The van der Waals surface area contributed by atoms with E-state index in [-0.39, 0.29) is 24.0 Å². The fourth-order valence-corrected chi connectivity index (χ4v) is 3.37. The Labute approximate surface area is 181 Å². The van der Waals surface area contributed by atoms with Crippen molar-refractivity contribution in [2.24, 2.45) is 4.99 Å². The minimum Gasteiger partial charge on any atom is -0.490 e. The van der Waals surface area contributed by atoms with Gasteiger partial charge in [-0.3, -0.25) is 0 Å². The standard InChI is InChI=1S/C19H26N4O2S.HI/c1-3-15-12-21-18(26-15)13-23-19(20-4-2)22-11-14-6-7-16-17(10-14)25-9-5-8-24-16;/h6-7,10,12H,3-5,8-9,11,13H2,1-2H3,(H2,20,22,23);1H. The third-order valence-electron chi connectivity index (χ3n) is 3.93. The van der Waals surface area contributed by atoms with E-state index in [1.54, 1.807) is 11.3 Å². The quantitative estimate of drug-likeness (QED) is 0.358. The topological polar surface area (TPSA) is 67.8 Å². The van der Waals surface area contributed by atoms with Crippen LogP contribution in [0, 0.1) is 0 Å². The third-order valence-corrected chi connectivity index (χ3v) is 5.07. The molecule has 1 aliphatic heterocycles. The number of benzene rings is 1. The largest absolute Gasteiger partial charge is 0.490 e. The van der Waals surface area contributed by atoms with Gasteiger partial charge in [-0.05, 0) is 31.0 Å². The van der Waals surface area contributed by atoms with Gasteiger partial charge in [-0.25, -0.2) is 9.98 Å². The monoisotopic (exact) mass is 502 g/mol. The van der Waals surface area contributed by atoms with Crippen LogP contribution in [0.1, 0.15) is 35.7 Å². The summed E-state index contributed by atoms with van der Waals surface area (Å²) in [4.78, 5) is 10.4. The van der Waals surface area contributed by atoms with Crippen molar-refractivity contribution < 1.29 is 9.47 Å². The molecule has 1 aromatic carbocycles. The molecule has 0 atom stereocenters. The molecule has 0 bridgehead atoms. The highest BCUT2D eigenvalue weighted by molar-refractivity contribution is 14.0. The van der Waals surface area contributed by atoms with E-state index in [1.165, 1.54) is 4.88 Å². The van der Waals surface area contributed by atoms with E-state index in [9.17, 15) is 0 Å². The summed E-state index contributed by atoms with van der Waals surface area (Å²) >= 11 is 1.74. The van der Waals surface area contributed by atoms with Crippen LogP contribution in [0.15, 0.2) is 29.4 Å². The van der Waals surface area contributed by atoms with Crippen LogP contribution in [0.2, 0.25) is 0 Å². The molecular formula is C19H27IN4O2S. The van der Waals surface area contributed by atoms with Crippen molar-refractivity contribution in [1.29, 1.82) is 0 Å². The molecule has 2 N–H and O–H groups in total. The van der Waals surface area contributed by atoms with Crippen LogP contribution >= 0.6 is 35.3 Å². The molecular weight excluding hydrogens is 475 g/mol. The van der Waals surface area contributed by atoms with Gasteiger partial charge in [-0.15, -0.1) is 35.3 Å². The molecule has 2 heterocycles. The smallest absolute Gasteiger partial charge is 0.191 e. The second-order valence-electron chi connectivity index (χ2n) is 5.95. The van der Waals surface area contributed by atoms with Gasteiger partial charge in [0.25, 0.3) is 0 Å². The first-order valence-corrected chi connectivity index (χ1v) is 9.94. The van der Waals surface area contributed by atoms with Gasteiger partial charge in [0.2, 0.25) is 0 Å². The Balaban J connectivity index is 0.00000261. The zero-order valence-electron chi connectivity index (χ0n) is 15.8. The molecule has 148 valence electrons. The summed E-state index contributed by atoms with van der Waals surface area (Å²) in [7, 11) is 0. The summed E-state index contributed by atoms with van der Waals surface area (Å²) < 4.78 is 11.4. The van der Waals surface area contributed by atoms with Crippen LogP contribution in [0.4, 0.5) is 0 Å². The lowest BCUT2D eigenvalue weighted by Gasteiger charge is -2.11. The number of hydrogen-bond acceptors (Lipinski definition) is 5. The number of fused-ring (bicyclic) bond motifs is 1. The molecule has 2 aromatic rings. The summed E-state index contributed by atoms with van der Waals surface area (Å²) in [6.07, 6.45) is 3.88. The maximum Gasteiger partial charge on any atom is 0.191 e. The van der Waals surface area contributed by atoms with E-state index in [0.29, 0.717) is 26.3 Å². The van der Waals surface area contributed by atoms with Gasteiger partial charge in [0.05, 0.1) is 26.3 Å². The molecule has 0 spiro atoms. The number of aromatic nitrogens is 1. The molecule has 0 amide bonds. The lowest BCUT2D eigenvalue weighted by atomic mass is 10.2. The van der Waals surface area contributed by atoms with Gasteiger partial charge >= 0.3 is 0 Å². The number of thiazole rings is 1. The van der Waals surface area contributed by atoms with Gasteiger partial charge in [-0.2, -0.15) is 0 Å². The van der Waals surface area contributed by atoms with Crippen molar-refractivity contribution >= 4 is 41.3 Å². The average Bonchev–Trinajstić information content (AvgIpc) is 3.00. The Morgan fingerprint density at radius 2 is 2.00 bits per heavy atom. The SMILES string of the molecule is CCNC(=NCc1ccc2c(c1)OCCCO2)NCc1ncc(CC)s1.I. The second kappa shape index (κ2) is 11.3. The first-order valence-electron chi connectivity index (χ1n) is 9.12. The highest BCUT2D eigenvalue weighted by Crippen LogP contribution is 2.30. The summed E-state index contributed by atoms with van der Waals surface area (Å²) in [6, 6.07) is 6.02. The number of ether oxygens (including phenoxy) is 2. The van der Waals surface area contributed by atoms with Crippen molar-refractivity contribution in [2.45, 2.75) is 39.8 Å². The Hall–Kier alpha value is -1.55. The van der Waals surface area contributed by atoms with Gasteiger partial charge in [0, 0.05) is 24.0 Å². The molecule has 0 fully saturated rings. The fraction of sp³-hybridized carbons (Fsp3) is 0.474. The highest BCUT2D eigenvalue weighted by Gasteiger charge is 2.10. The summed E-state index contributed by atoms with van der Waals surface area (Å²) in [5, 5.41) is 7.70.